The topological polar surface area (TPSA) is 88.8 Å². The predicted octanol–water partition coefficient (Wildman–Crippen LogP) is 4.98. The van der Waals surface area contributed by atoms with E-state index in [0.717, 1.165) is 58.5 Å². The molecule has 3 aromatic rings. The molecule has 5 aliphatic rings. The molecule has 1 atom stereocenters. The zero-order valence-corrected chi connectivity index (χ0v) is 26.2. The summed E-state index contributed by atoms with van der Waals surface area (Å²) in [6.45, 7) is 6.82. The first-order chi connectivity index (χ1) is 21.8. The summed E-state index contributed by atoms with van der Waals surface area (Å²) >= 11 is 6.70. The number of aromatic nitrogens is 2. The van der Waals surface area contributed by atoms with E-state index in [1.54, 1.807) is 0 Å². The van der Waals surface area contributed by atoms with Crippen LogP contribution < -0.4 is 14.5 Å². The lowest BCUT2D eigenvalue weighted by molar-refractivity contribution is -0.131. The molecule has 1 saturated heterocycles. The summed E-state index contributed by atoms with van der Waals surface area (Å²) in [5, 5.41) is 12.3. The van der Waals surface area contributed by atoms with Crippen molar-refractivity contribution < 1.29 is 13.9 Å². The van der Waals surface area contributed by atoms with Gasteiger partial charge in [-0.1, -0.05) is 42.4 Å². The lowest BCUT2D eigenvalue weighted by atomic mass is 9.51. The van der Waals surface area contributed by atoms with E-state index in [9.17, 15) is 14.4 Å². The van der Waals surface area contributed by atoms with Gasteiger partial charge in [0.1, 0.15) is 12.4 Å². The Balaban J connectivity index is 1.18. The van der Waals surface area contributed by atoms with E-state index in [4.69, 9.17) is 26.3 Å². The summed E-state index contributed by atoms with van der Waals surface area (Å²) in [7, 11) is 2.17. The van der Waals surface area contributed by atoms with E-state index in [0.29, 0.717) is 49.7 Å². The van der Waals surface area contributed by atoms with Gasteiger partial charge in [0.25, 0.3) is 5.91 Å². The summed E-state index contributed by atoms with van der Waals surface area (Å²) in [5.74, 6) is 0.650. The highest BCUT2D eigenvalue weighted by Crippen LogP contribution is 2.55. The van der Waals surface area contributed by atoms with Crippen LogP contribution in [0.3, 0.4) is 0 Å². The lowest BCUT2D eigenvalue weighted by Crippen LogP contribution is -2.63. The number of hydrogen-bond donors (Lipinski definition) is 0. The number of likely N-dealkylation sites (N-methyl/N-ethyl adjacent to an activating group) is 1. The van der Waals surface area contributed by atoms with Gasteiger partial charge in [0.2, 0.25) is 0 Å². The second kappa shape index (κ2) is 12.1. The van der Waals surface area contributed by atoms with Crippen LogP contribution in [0.4, 0.5) is 15.9 Å². The number of piperazine rings is 1. The number of carbonyl (C=O) groups is 1. The molecule has 1 aromatic heterocycles. The van der Waals surface area contributed by atoms with Gasteiger partial charge in [-0.15, -0.1) is 0 Å². The van der Waals surface area contributed by atoms with Crippen molar-refractivity contribution in [3.8, 4) is 12.1 Å². The molecule has 9 nitrogen and oxygen atoms in total. The molecule has 1 amide bonds. The number of rotatable bonds is 9. The van der Waals surface area contributed by atoms with Gasteiger partial charge in [-0.2, -0.15) is 15.2 Å². The highest BCUT2D eigenvalue weighted by Gasteiger charge is 2.53. The summed E-state index contributed by atoms with van der Waals surface area (Å²) in [5.41, 5.74) is 2.97. The zero-order chi connectivity index (χ0) is 31.2. The van der Waals surface area contributed by atoms with Crippen molar-refractivity contribution in [3.05, 3.63) is 65.1 Å². The van der Waals surface area contributed by atoms with Crippen LogP contribution in [-0.2, 0) is 17.8 Å². The van der Waals surface area contributed by atoms with Crippen molar-refractivity contribution in [2.45, 2.75) is 44.3 Å². The fraction of sp³-hybridized carbons (Fsp3) is 0.471. The number of amides is 1. The van der Waals surface area contributed by atoms with E-state index in [2.05, 4.69) is 52.6 Å². The minimum atomic E-state index is -1.01. The van der Waals surface area contributed by atoms with Crippen LogP contribution >= 0.6 is 11.6 Å². The Labute approximate surface area is 267 Å². The van der Waals surface area contributed by atoms with Gasteiger partial charge in [0.15, 0.2) is 5.83 Å². The molecule has 0 radical (unpaired) electrons. The monoisotopic (exact) mass is 629 g/mol. The molecule has 0 unspecified atom stereocenters. The Bertz CT molecular complexity index is 1680. The molecule has 2 aliphatic heterocycles. The van der Waals surface area contributed by atoms with Gasteiger partial charge in [0.05, 0.1) is 35.8 Å². The van der Waals surface area contributed by atoms with Crippen molar-refractivity contribution in [2.24, 2.45) is 11.8 Å². The van der Waals surface area contributed by atoms with Crippen LogP contribution in [0.5, 0.6) is 6.01 Å². The third kappa shape index (κ3) is 5.46. The standard InChI is InChI=1S/C34H37ClFN7O2/c1-21(36)33(44)43-14-13-42(19-25(43)9-11-37)32-26-10-12-41(29-8-4-6-22-5-3-7-27(35)30(22)29)20-28(26)38-34(39-32)45-16-15-40(2)31-23-17-24(31)18-23/h3-8,23-25,31H,1,9-10,12-20H2,2H3/t23?,24?,25-,31?/m0/s1. The van der Waals surface area contributed by atoms with E-state index in [1.807, 2.05) is 18.2 Å². The molecule has 4 fully saturated rings. The first-order valence-electron chi connectivity index (χ1n) is 15.7. The quantitative estimate of drug-likeness (QED) is 0.306. The number of ether oxygens (including phenoxy) is 1. The Morgan fingerprint density at radius 2 is 1.93 bits per heavy atom. The number of nitriles is 1. The SMILES string of the molecule is C=C(F)C(=O)N1CCN(c2nc(OCCN(C)C3C4CC3C4)nc3c2CCN(c2cccc4cccc(Cl)c24)C3)C[C@@H]1CC#N. The maximum atomic E-state index is 13.8. The summed E-state index contributed by atoms with van der Waals surface area (Å²) in [4.78, 5) is 30.6. The van der Waals surface area contributed by atoms with Crippen LogP contribution in [0.1, 0.15) is 30.5 Å². The third-order valence-electron chi connectivity index (χ3n) is 10.2. The number of halogens is 2. The minimum absolute atomic E-state index is 0.0806. The van der Waals surface area contributed by atoms with Gasteiger partial charge >= 0.3 is 6.01 Å². The second-order valence-electron chi connectivity index (χ2n) is 12.7. The van der Waals surface area contributed by atoms with E-state index in [-0.39, 0.29) is 13.0 Å². The first-order valence-corrected chi connectivity index (χ1v) is 16.1. The van der Waals surface area contributed by atoms with Gasteiger partial charge in [0, 0.05) is 55.4 Å². The van der Waals surface area contributed by atoms with Crippen molar-refractivity contribution in [2.75, 3.05) is 56.2 Å². The predicted molar refractivity (Wildman–Crippen MR) is 172 cm³/mol. The molecular weight excluding hydrogens is 593 g/mol. The summed E-state index contributed by atoms with van der Waals surface area (Å²) in [6, 6.07) is 14.8. The molecule has 2 bridgehead atoms. The van der Waals surface area contributed by atoms with Crippen LogP contribution in [0.2, 0.25) is 5.02 Å². The summed E-state index contributed by atoms with van der Waals surface area (Å²) < 4.78 is 20.1. The van der Waals surface area contributed by atoms with Gasteiger partial charge in [-0.25, -0.2) is 4.39 Å². The normalized spacial score (nSPS) is 23.7. The smallest absolute Gasteiger partial charge is 0.318 e. The molecule has 0 N–H and O–H groups in total. The number of nitrogens with zero attached hydrogens (tertiary/aromatic N) is 7. The van der Waals surface area contributed by atoms with Crippen LogP contribution in [0.15, 0.2) is 48.8 Å². The van der Waals surface area contributed by atoms with E-state index < -0.39 is 17.8 Å². The van der Waals surface area contributed by atoms with Crippen molar-refractivity contribution >= 4 is 39.8 Å². The van der Waals surface area contributed by atoms with Crippen molar-refractivity contribution in [1.29, 1.82) is 5.26 Å². The number of benzene rings is 2. The Kier molecular flexibility index (Phi) is 8.00. The van der Waals surface area contributed by atoms with Crippen LogP contribution in [0, 0.1) is 23.2 Å². The molecular formula is C34H37ClFN7O2. The number of hydrogen-bond acceptors (Lipinski definition) is 8. The number of fused-ring (bicyclic) bond motifs is 2. The fourth-order valence-corrected chi connectivity index (χ4v) is 7.90. The average Bonchev–Trinajstić information content (AvgIpc) is 2.98. The average molecular weight is 630 g/mol. The number of anilines is 2. The highest BCUT2D eigenvalue weighted by molar-refractivity contribution is 6.36. The van der Waals surface area contributed by atoms with E-state index in [1.165, 1.54) is 17.7 Å². The van der Waals surface area contributed by atoms with Crippen molar-refractivity contribution in [3.63, 3.8) is 0 Å². The van der Waals surface area contributed by atoms with Gasteiger partial charge in [-0.3, -0.25) is 9.69 Å². The Morgan fingerprint density at radius 1 is 1.16 bits per heavy atom. The second-order valence-corrected chi connectivity index (χ2v) is 13.1. The molecule has 8 rings (SSSR count). The maximum absolute atomic E-state index is 13.8. The van der Waals surface area contributed by atoms with E-state index >= 15 is 0 Å². The minimum Gasteiger partial charge on any atom is -0.462 e. The molecule has 45 heavy (non-hydrogen) atoms. The summed E-state index contributed by atoms with van der Waals surface area (Å²) in [6.07, 6.45) is 3.49. The third-order valence-corrected chi connectivity index (χ3v) is 10.5. The molecule has 3 heterocycles. The fourth-order valence-electron chi connectivity index (χ4n) is 7.62. The molecule has 11 heteroatoms. The molecule has 2 aromatic carbocycles. The lowest BCUT2D eigenvalue weighted by Gasteiger charge is -2.61. The molecule has 234 valence electrons. The zero-order valence-electron chi connectivity index (χ0n) is 25.5. The van der Waals surface area contributed by atoms with Gasteiger partial charge in [-0.05, 0) is 55.7 Å². The Hall–Kier alpha value is -3.94. The van der Waals surface area contributed by atoms with Gasteiger partial charge < -0.3 is 19.4 Å². The Morgan fingerprint density at radius 3 is 2.64 bits per heavy atom. The number of carbonyl (C=O) groups excluding carboxylic acids is 1. The van der Waals surface area contributed by atoms with Crippen LogP contribution in [-0.4, -0.2) is 84.1 Å². The molecule has 3 saturated carbocycles. The van der Waals surface area contributed by atoms with Crippen LogP contribution in [0.25, 0.3) is 10.8 Å². The van der Waals surface area contributed by atoms with Crippen molar-refractivity contribution in [1.82, 2.24) is 19.8 Å². The highest BCUT2D eigenvalue weighted by atomic mass is 35.5. The first kappa shape index (κ1) is 29.8. The largest absolute Gasteiger partial charge is 0.462 e. The maximum Gasteiger partial charge on any atom is 0.318 e. The molecule has 0 spiro atoms. The molecule has 3 aliphatic carbocycles.